The molecule has 0 unspecified atom stereocenters. The van der Waals surface area contributed by atoms with Gasteiger partial charge in [-0.3, -0.25) is 0 Å². The van der Waals surface area contributed by atoms with Gasteiger partial charge in [0, 0.05) is 24.0 Å². The maximum Gasteiger partial charge on any atom is 1.00 e. The summed E-state index contributed by atoms with van der Waals surface area (Å²) in [6.07, 6.45) is 4.00. The van der Waals surface area contributed by atoms with E-state index in [1.54, 1.807) is 20.8 Å². The summed E-state index contributed by atoms with van der Waals surface area (Å²) in [7, 11) is 0. The fourth-order valence-electron chi connectivity index (χ4n) is 9.37. The van der Waals surface area contributed by atoms with Gasteiger partial charge in [0.25, 0.3) is 0 Å². The van der Waals surface area contributed by atoms with Gasteiger partial charge in [0.05, 0.1) is 23.2 Å². The minimum atomic E-state index is -0.750. The standard InChI is InChI=1S/C28H22ClIN2O.C28H21IN2O.C4H8O.C4H9O.K/c29-18-19-33-24-16-17-26-25(20-24)27(30)31-32(26)28(21-10-4-1-5-11-21,22-12-6-2-7-13-22)23-14-8-3-9-15-23;1-2-32-24-18-19-26-25(20-24)27(29)30-31(26)28(21-12-6-3-7-13-21,22-14-8-4-9-15-22)23-16-10-5-11-17-23;1-2-4-5-3-1;1-4(2,3)5;/h1-17,20H,18-19H2;2-20H,1H2;1-4H2;1-3H3;/q;;;-1;+1. The van der Waals surface area contributed by atoms with E-state index in [4.69, 9.17) is 36.0 Å². The third-order valence-corrected chi connectivity index (χ3v) is 14.1. The van der Waals surface area contributed by atoms with Crippen LogP contribution in [0.15, 0.2) is 231 Å². The topological polar surface area (TPSA) is 86.4 Å². The zero-order valence-electron chi connectivity index (χ0n) is 43.4. The summed E-state index contributed by atoms with van der Waals surface area (Å²) in [5.41, 5.74) is 6.88. The normalized spacial score (nSPS) is 12.2. The van der Waals surface area contributed by atoms with Crippen molar-refractivity contribution in [2.45, 2.75) is 50.3 Å². The number of aromatic nitrogens is 4. The minimum absolute atomic E-state index is 0. The molecule has 0 spiro atoms. The van der Waals surface area contributed by atoms with Gasteiger partial charge in [-0.1, -0.05) is 209 Å². The Morgan fingerprint density at radius 3 is 1.12 bits per heavy atom. The zero-order chi connectivity index (χ0) is 52.7. The molecule has 1 saturated heterocycles. The van der Waals surface area contributed by atoms with E-state index >= 15 is 0 Å². The molecule has 8 aromatic carbocycles. The largest absolute Gasteiger partial charge is 1.00 e. The van der Waals surface area contributed by atoms with Crippen LogP contribution < -0.4 is 66.0 Å². The van der Waals surface area contributed by atoms with E-state index in [9.17, 15) is 5.11 Å². The Bertz CT molecular complexity index is 3150. The number of alkyl halides is 1. The van der Waals surface area contributed by atoms with Crippen LogP contribution in [0, 0.1) is 7.40 Å². The molecule has 0 N–H and O–H groups in total. The van der Waals surface area contributed by atoms with Crippen molar-refractivity contribution in [3.05, 3.63) is 272 Å². The Hall–Kier alpha value is -4.65. The van der Waals surface area contributed by atoms with Crippen molar-refractivity contribution in [3.63, 3.8) is 0 Å². The number of hydrogen-bond donors (Lipinski definition) is 0. The van der Waals surface area contributed by atoms with Crippen molar-refractivity contribution >= 4 is 78.6 Å². The number of fused-ring (bicyclic) bond motifs is 2. The Balaban J connectivity index is 0.000000185. The molecule has 12 heteroatoms. The molecule has 0 bridgehead atoms. The fourth-order valence-corrected chi connectivity index (χ4v) is 10.7. The first-order chi connectivity index (χ1) is 36.5. The van der Waals surface area contributed by atoms with Crippen molar-refractivity contribution in [3.8, 4) is 11.5 Å². The van der Waals surface area contributed by atoms with Crippen molar-refractivity contribution in [2.24, 2.45) is 0 Å². The molecular weight excluding hydrogens is 1220 g/mol. The van der Waals surface area contributed by atoms with Gasteiger partial charge in [-0.05, 0) is 128 Å². The molecule has 1 fully saturated rings. The molecule has 0 aliphatic carbocycles. The average Bonchev–Trinajstić information content (AvgIpc) is 4.28. The van der Waals surface area contributed by atoms with E-state index in [-0.39, 0.29) is 51.4 Å². The van der Waals surface area contributed by atoms with E-state index in [1.807, 2.05) is 36.4 Å². The maximum absolute atomic E-state index is 10.1. The maximum atomic E-state index is 10.1. The second-order valence-corrected chi connectivity index (χ2v) is 21.1. The molecule has 382 valence electrons. The van der Waals surface area contributed by atoms with E-state index in [0.29, 0.717) is 12.5 Å². The van der Waals surface area contributed by atoms with Gasteiger partial charge in [0.1, 0.15) is 36.6 Å². The number of benzene rings is 8. The molecule has 2 aromatic heterocycles. The van der Waals surface area contributed by atoms with Crippen LogP contribution in [0.5, 0.6) is 11.5 Å². The van der Waals surface area contributed by atoms with Gasteiger partial charge in [0.15, 0.2) is 0 Å². The van der Waals surface area contributed by atoms with Crippen LogP contribution in [0.3, 0.4) is 0 Å². The smallest absolute Gasteiger partial charge is 0.850 e. The van der Waals surface area contributed by atoms with Crippen LogP contribution in [0.4, 0.5) is 0 Å². The molecule has 10 aromatic rings. The van der Waals surface area contributed by atoms with E-state index < -0.39 is 16.7 Å². The van der Waals surface area contributed by atoms with E-state index in [0.717, 1.165) is 87.3 Å². The summed E-state index contributed by atoms with van der Waals surface area (Å²) in [4.78, 5) is 0. The monoisotopic (exact) mass is 1280 g/mol. The molecule has 0 atom stereocenters. The molecule has 0 amide bonds. The first-order valence-electron chi connectivity index (χ1n) is 24.9. The van der Waals surface area contributed by atoms with Crippen LogP contribution >= 0.6 is 56.8 Å². The second-order valence-electron chi connectivity index (χ2n) is 18.6. The Labute approximate surface area is 522 Å². The molecule has 0 saturated carbocycles. The summed E-state index contributed by atoms with van der Waals surface area (Å²) < 4.78 is 22.4. The first kappa shape index (κ1) is 59.0. The predicted molar refractivity (Wildman–Crippen MR) is 321 cm³/mol. The molecule has 3 heterocycles. The van der Waals surface area contributed by atoms with Gasteiger partial charge in [0.2, 0.25) is 0 Å². The average molecular weight is 1280 g/mol. The van der Waals surface area contributed by atoms with Crippen LogP contribution in [0.1, 0.15) is 67.0 Å². The number of ether oxygens (including phenoxy) is 3. The third-order valence-electron chi connectivity index (χ3n) is 12.4. The van der Waals surface area contributed by atoms with Gasteiger partial charge in [-0.25, -0.2) is 9.36 Å². The Morgan fingerprint density at radius 2 is 0.842 bits per heavy atom. The summed E-state index contributed by atoms with van der Waals surface area (Å²) in [5.74, 6) is 1.99. The number of hydrogen-bond acceptors (Lipinski definition) is 6. The number of halogens is 3. The first-order valence-corrected chi connectivity index (χ1v) is 27.6. The molecule has 0 radical (unpaired) electrons. The zero-order valence-corrected chi connectivity index (χ0v) is 51.6. The molecule has 1 aliphatic rings. The predicted octanol–water partition coefficient (Wildman–Crippen LogP) is 12.0. The quantitative estimate of drug-likeness (QED) is 0.0376. The van der Waals surface area contributed by atoms with Gasteiger partial charge in [-0.2, -0.15) is 10.2 Å². The van der Waals surface area contributed by atoms with Crippen LogP contribution in [-0.2, 0) is 15.8 Å². The van der Waals surface area contributed by atoms with E-state index in [2.05, 4.69) is 243 Å². The van der Waals surface area contributed by atoms with Gasteiger partial charge < -0.3 is 19.3 Å². The molecule has 11 rings (SSSR count). The molecule has 76 heavy (non-hydrogen) atoms. The van der Waals surface area contributed by atoms with Crippen molar-refractivity contribution in [1.29, 1.82) is 0 Å². The minimum Gasteiger partial charge on any atom is -0.850 e. The summed E-state index contributed by atoms with van der Waals surface area (Å²) in [6, 6.07) is 75.7. The summed E-state index contributed by atoms with van der Waals surface area (Å²) in [5, 5.41) is 22.4. The van der Waals surface area contributed by atoms with Gasteiger partial charge >= 0.3 is 51.4 Å². The molecule has 1 aliphatic heterocycles. The van der Waals surface area contributed by atoms with Gasteiger partial charge in [-0.15, -0.1) is 17.2 Å². The van der Waals surface area contributed by atoms with Crippen molar-refractivity contribution in [1.82, 2.24) is 19.6 Å². The Kier molecular flexibility index (Phi) is 22.0. The number of rotatable bonds is 13. The SMILES string of the molecule is C1CCOC1.C=COc1ccc2c(c1)c(I)nn2C(c1ccccc1)(c1ccccc1)c1ccccc1.CC(C)(C)[O-].ClCCOc1ccc2c(c1)c(I)nn2C(c1ccccc1)(c1ccccc1)c1ccccc1.[K+]. The summed E-state index contributed by atoms with van der Waals surface area (Å²) in [6.45, 7) is 11.0. The number of nitrogens with zero attached hydrogens (tertiary/aromatic N) is 4. The van der Waals surface area contributed by atoms with Crippen LogP contribution in [-0.4, -0.2) is 50.9 Å². The van der Waals surface area contributed by atoms with E-state index in [1.165, 1.54) is 19.1 Å². The van der Waals surface area contributed by atoms with Crippen molar-refractivity contribution in [2.75, 3.05) is 25.7 Å². The third kappa shape index (κ3) is 13.8. The summed E-state index contributed by atoms with van der Waals surface area (Å²) >= 11 is 10.5. The fraction of sp³-hybridized carbons (Fsp3) is 0.188. The van der Waals surface area contributed by atoms with Crippen LogP contribution in [0.2, 0.25) is 0 Å². The van der Waals surface area contributed by atoms with Crippen molar-refractivity contribution < 1.29 is 70.7 Å². The van der Waals surface area contributed by atoms with Crippen LogP contribution in [0.25, 0.3) is 21.8 Å². The Morgan fingerprint density at radius 1 is 0.539 bits per heavy atom. The second kappa shape index (κ2) is 28.3. The molecular formula is C64H60ClI2KN4O4. The molecule has 8 nitrogen and oxygen atoms in total.